The lowest BCUT2D eigenvalue weighted by molar-refractivity contribution is 0.102. The van der Waals surface area contributed by atoms with Gasteiger partial charge in [-0.15, -0.1) is 0 Å². The van der Waals surface area contributed by atoms with E-state index in [9.17, 15) is 9.18 Å². The van der Waals surface area contributed by atoms with Crippen molar-refractivity contribution in [3.05, 3.63) is 59.2 Å². The quantitative estimate of drug-likeness (QED) is 0.897. The van der Waals surface area contributed by atoms with Crippen LogP contribution in [0.15, 0.2) is 36.7 Å². The summed E-state index contributed by atoms with van der Waals surface area (Å²) < 4.78 is 13.4. The number of nitrogens with zero attached hydrogens (tertiary/aromatic N) is 1. The molecule has 0 saturated heterocycles. The summed E-state index contributed by atoms with van der Waals surface area (Å²) in [7, 11) is 0. The summed E-state index contributed by atoms with van der Waals surface area (Å²) >= 11 is 0. The van der Waals surface area contributed by atoms with Gasteiger partial charge in [0.25, 0.3) is 5.91 Å². The lowest BCUT2D eigenvalue weighted by atomic mass is 10.1. The number of benzene rings is 1. The van der Waals surface area contributed by atoms with Crippen molar-refractivity contribution in [3.63, 3.8) is 0 Å². The van der Waals surface area contributed by atoms with Crippen LogP contribution in [-0.2, 0) is 12.8 Å². The molecule has 0 spiro atoms. The maximum absolute atomic E-state index is 13.4. The van der Waals surface area contributed by atoms with Crippen LogP contribution in [0.4, 0.5) is 10.1 Å². The molecule has 0 fully saturated rings. The van der Waals surface area contributed by atoms with Crippen molar-refractivity contribution in [3.8, 4) is 0 Å². The zero-order chi connectivity index (χ0) is 13.2. The summed E-state index contributed by atoms with van der Waals surface area (Å²) in [5.41, 5.74) is 3.33. The Morgan fingerprint density at radius 3 is 2.89 bits per heavy atom. The summed E-state index contributed by atoms with van der Waals surface area (Å²) in [6, 6.07) is 7.24. The standard InChI is InChI=1S/C15H13FN2O/c16-14-9-17-7-6-13(14)15(19)18-12-5-4-10-2-1-3-11(10)8-12/h4-9H,1-3H2,(H,18,19). The number of carbonyl (C=O) groups is 1. The maximum Gasteiger partial charge on any atom is 0.258 e. The first-order valence-electron chi connectivity index (χ1n) is 6.27. The van der Waals surface area contributed by atoms with E-state index in [1.165, 1.54) is 23.4 Å². The third-order valence-corrected chi connectivity index (χ3v) is 3.37. The van der Waals surface area contributed by atoms with Gasteiger partial charge in [0, 0.05) is 11.9 Å². The van der Waals surface area contributed by atoms with Crippen molar-refractivity contribution >= 4 is 11.6 Å². The van der Waals surface area contributed by atoms with E-state index < -0.39 is 11.7 Å². The van der Waals surface area contributed by atoms with Crippen LogP contribution in [0.5, 0.6) is 0 Å². The third kappa shape index (κ3) is 2.34. The van der Waals surface area contributed by atoms with Gasteiger partial charge in [0.05, 0.1) is 11.8 Å². The van der Waals surface area contributed by atoms with Gasteiger partial charge >= 0.3 is 0 Å². The van der Waals surface area contributed by atoms with Gasteiger partial charge in [-0.25, -0.2) is 4.39 Å². The largest absolute Gasteiger partial charge is 0.322 e. The molecule has 1 N–H and O–H groups in total. The average Bonchev–Trinajstić information content (AvgIpc) is 2.86. The van der Waals surface area contributed by atoms with Gasteiger partial charge in [-0.05, 0) is 48.6 Å². The Hall–Kier alpha value is -2.23. The molecule has 0 saturated carbocycles. The van der Waals surface area contributed by atoms with E-state index in [4.69, 9.17) is 0 Å². The third-order valence-electron chi connectivity index (χ3n) is 3.37. The number of hydrogen-bond acceptors (Lipinski definition) is 2. The first kappa shape index (κ1) is 11.8. The molecule has 19 heavy (non-hydrogen) atoms. The normalized spacial score (nSPS) is 13.1. The summed E-state index contributed by atoms with van der Waals surface area (Å²) in [5, 5.41) is 2.72. The zero-order valence-corrected chi connectivity index (χ0v) is 10.3. The van der Waals surface area contributed by atoms with Crippen LogP contribution < -0.4 is 5.32 Å². The van der Waals surface area contributed by atoms with Gasteiger partial charge < -0.3 is 5.32 Å². The van der Waals surface area contributed by atoms with Crippen LogP contribution in [0, 0.1) is 5.82 Å². The number of hydrogen-bond donors (Lipinski definition) is 1. The molecular formula is C15H13FN2O. The van der Waals surface area contributed by atoms with Crippen molar-refractivity contribution < 1.29 is 9.18 Å². The van der Waals surface area contributed by atoms with Gasteiger partial charge in [0.1, 0.15) is 0 Å². The molecule has 1 aromatic carbocycles. The number of halogens is 1. The molecule has 1 aromatic heterocycles. The summed E-state index contributed by atoms with van der Waals surface area (Å²) in [6.45, 7) is 0. The number of carbonyl (C=O) groups excluding carboxylic acids is 1. The SMILES string of the molecule is O=C(Nc1ccc2c(c1)CCC2)c1ccncc1F. The Balaban J connectivity index is 1.82. The van der Waals surface area contributed by atoms with Gasteiger partial charge in [-0.3, -0.25) is 9.78 Å². The number of aryl methyl sites for hydroxylation is 2. The molecule has 0 radical (unpaired) electrons. The minimum Gasteiger partial charge on any atom is -0.322 e. The van der Waals surface area contributed by atoms with Crippen LogP contribution in [-0.4, -0.2) is 10.9 Å². The highest BCUT2D eigenvalue weighted by Crippen LogP contribution is 2.25. The van der Waals surface area contributed by atoms with E-state index in [-0.39, 0.29) is 5.56 Å². The van der Waals surface area contributed by atoms with Gasteiger partial charge in [0.15, 0.2) is 5.82 Å². The molecule has 0 unspecified atom stereocenters. The summed E-state index contributed by atoms with van der Waals surface area (Å²) in [4.78, 5) is 15.6. The Morgan fingerprint density at radius 2 is 2.05 bits per heavy atom. The van der Waals surface area contributed by atoms with Crippen molar-refractivity contribution in [1.29, 1.82) is 0 Å². The number of anilines is 1. The fourth-order valence-electron chi connectivity index (χ4n) is 2.41. The minimum absolute atomic E-state index is 0.00972. The van der Waals surface area contributed by atoms with E-state index in [2.05, 4.69) is 10.3 Å². The van der Waals surface area contributed by atoms with Gasteiger partial charge in [-0.1, -0.05) is 6.07 Å². The highest BCUT2D eigenvalue weighted by molar-refractivity contribution is 6.04. The van der Waals surface area contributed by atoms with Gasteiger partial charge in [-0.2, -0.15) is 0 Å². The van der Waals surface area contributed by atoms with Crippen LogP contribution in [0.25, 0.3) is 0 Å². The molecule has 96 valence electrons. The molecule has 4 heteroatoms. The Morgan fingerprint density at radius 1 is 1.21 bits per heavy atom. The van der Waals surface area contributed by atoms with E-state index in [0.29, 0.717) is 5.69 Å². The number of pyridine rings is 1. The predicted octanol–water partition coefficient (Wildman–Crippen LogP) is 2.96. The second kappa shape index (κ2) is 4.80. The number of aromatic nitrogens is 1. The molecule has 0 aliphatic heterocycles. The van der Waals surface area contributed by atoms with Crippen LogP contribution in [0.1, 0.15) is 27.9 Å². The van der Waals surface area contributed by atoms with Crippen molar-refractivity contribution in [2.75, 3.05) is 5.32 Å². The van der Waals surface area contributed by atoms with Crippen LogP contribution in [0.2, 0.25) is 0 Å². The topological polar surface area (TPSA) is 42.0 Å². The predicted molar refractivity (Wildman–Crippen MR) is 70.6 cm³/mol. The Labute approximate surface area is 110 Å². The van der Waals surface area contributed by atoms with E-state index in [1.807, 2.05) is 18.2 Å². The Bertz CT molecular complexity index is 640. The molecule has 1 heterocycles. The Kier molecular flexibility index (Phi) is 2.99. The fourth-order valence-corrected chi connectivity index (χ4v) is 2.41. The maximum atomic E-state index is 13.4. The highest BCUT2D eigenvalue weighted by Gasteiger charge is 2.14. The van der Waals surface area contributed by atoms with E-state index in [1.54, 1.807) is 0 Å². The zero-order valence-electron chi connectivity index (χ0n) is 10.3. The molecule has 0 atom stereocenters. The monoisotopic (exact) mass is 256 g/mol. The van der Waals surface area contributed by atoms with Crippen molar-refractivity contribution in [1.82, 2.24) is 4.98 Å². The number of nitrogens with one attached hydrogen (secondary N) is 1. The molecular weight excluding hydrogens is 243 g/mol. The lowest BCUT2D eigenvalue weighted by Crippen LogP contribution is -2.14. The molecule has 1 amide bonds. The average molecular weight is 256 g/mol. The number of fused-ring (bicyclic) bond motifs is 1. The van der Waals surface area contributed by atoms with Crippen LogP contribution in [0.3, 0.4) is 0 Å². The lowest BCUT2D eigenvalue weighted by Gasteiger charge is -2.07. The van der Waals surface area contributed by atoms with Crippen LogP contribution >= 0.6 is 0 Å². The van der Waals surface area contributed by atoms with Gasteiger partial charge in [0.2, 0.25) is 0 Å². The fraction of sp³-hybridized carbons (Fsp3) is 0.200. The van der Waals surface area contributed by atoms with E-state index >= 15 is 0 Å². The second-order valence-corrected chi connectivity index (χ2v) is 4.65. The molecule has 2 aromatic rings. The van der Waals surface area contributed by atoms with E-state index in [0.717, 1.165) is 25.5 Å². The number of amides is 1. The summed E-state index contributed by atoms with van der Waals surface area (Å²) in [6.07, 6.45) is 5.75. The molecule has 3 rings (SSSR count). The second-order valence-electron chi connectivity index (χ2n) is 4.65. The molecule has 0 bridgehead atoms. The molecule has 1 aliphatic carbocycles. The first-order valence-corrected chi connectivity index (χ1v) is 6.27. The highest BCUT2D eigenvalue weighted by atomic mass is 19.1. The number of rotatable bonds is 2. The minimum atomic E-state index is -0.610. The molecule has 3 nitrogen and oxygen atoms in total. The summed E-state index contributed by atoms with van der Waals surface area (Å²) in [5.74, 6) is -1.06. The van der Waals surface area contributed by atoms with Crippen molar-refractivity contribution in [2.45, 2.75) is 19.3 Å². The molecule has 1 aliphatic rings. The smallest absolute Gasteiger partial charge is 0.258 e. The van der Waals surface area contributed by atoms with Crippen molar-refractivity contribution in [2.24, 2.45) is 0 Å². The first-order chi connectivity index (χ1) is 9.24.